The Hall–Kier alpha value is -2.38. The Bertz CT molecular complexity index is 780. The summed E-state index contributed by atoms with van der Waals surface area (Å²) in [4.78, 5) is 20.7. The predicted molar refractivity (Wildman–Crippen MR) is 81.1 cm³/mol. The Morgan fingerprint density at radius 3 is 2.14 bits per heavy atom. The summed E-state index contributed by atoms with van der Waals surface area (Å²) in [6.07, 6.45) is -0.123. The van der Waals surface area contributed by atoms with Gasteiger partial charge in [0.05, 0.1) is 4.92 Å². The summed E-state index contributed by atoms with van der Waals surface area (Å²) in [6, 6.07) is 4.86. The van der Waals surface area contributed by atoms with Crippen molar-refractivity contribution in [3.63, 3.8) is 0 Å². The molecule has 0 saturated carbocycles. The van der Waals surface area contributed by atoms with Crippen molar-refractivity contribution in [1.82, 2.24) is 0 Å². The summed E-state index contributed by atoms with van der Waals surface area (Å²) in [5.41, 5.74) is -0.543. The van der Waals surface area contributed by atoms with Gasteiger partial charge in [0.2, 0.25) is 0 Å². The number of benzene rings is 2. The molecular weight excluding hydrogens is 335 g/mol. The molecule has 0 amide bonds. The fraction of sp³-hybridized carbons (Fsp3) is 0.0769. The van der Waals surface area contributed by atoms with Crippen LogP contribution >= 0.6 is 23.2 Å². The molecule has 22 heavy (non-hydrogen) atoms. The highest BCUT2D eigenvalue weighted by molar-refractivity contribution is 6.31. The highest BCUT2D eigenvalue weighted by Crippen LogP contribution is 2.39. The number of nitrogens with zero attached hydrogens (tertiary/aromatic N) is 2. The first-order valence-corrected chi connectivity index (χ1v) is 6.59. The van der Waals surface area contributed by atoms with Crippen LogP contribution in [0.15, 0.2) is 29.4 Å². The Morgan fingerprint density at radius 1 is 1.05 bits per heavy atom. The van der Waals surface area contributed by atoms with Crippen LogP contribution in [0.1, 0.15) is 11.1 Å². The number of rotatable bonds is 4. The van der Waals surface area contributed by atoms with Gasteiger partial charge >= 0.3 is 5.69 Å². The standard InChI is InChI=1S/C13H8Cl2N2O5/c14-8-2-6(12(18)10(4-8)16-20)1-7-3-9(15)5-11(13(7)19)17(21)22/h2-5,18-19H,1H2. The SMILES string of the molecule is O=Nc1cc(Cl)cc(Cc2cc(Cl)cc([N+](=O)[O-])c2O)c1O. The van der Waals surface area contributed by atoms with Crippen molar-refractivity contribution < 1.29 is 15.1 Å². The number of hydrogen-bond donors (Lipinski definition) is 2. The number of nitroso groups, excluding NO2 is 1. The van der Waals surface area contributed by atoms with Gasteiger partial charge in [-0.25, -0.2) is 0 Å². The summed E-state index contributed by atoms with van der Waals surface area (Å²) in [5.74, 6) is -0.990. The van der Waals surface area contributed by atoms with Crippen molar-refractivity contribution in [2.24, 2.45) is 5.18 Å². The van der Waals surface area contributed by atoms with Gasteiger partial charge in [0.25, 0.3) is 0 Å². The molecule has 0 unspecified atom stereocenters. The van der Waals surface area contributed by atoms with Crippen molar-refractivity contribution in [3.05, 3.63) is 60.5 Å². The number of hydrogen-bond acceptors (Lipinski definition) is 6. The summed E-state index contributed by atoms with van der Waals surface area (Å²) >= 11 is 11.6. The van der Waals surface area contributed by atoms with E-state index in [0.717, 1.165) is 6.07 Å². The van der Waals surface area contributed by atoms with Crippen LogP contribution in [-0.2, 0) is 6.42 Å². The van der Waals surface area contributed by atoms with E-state index >= 15 is 0 Å². The molecule has 0 aliphatic carbocycles. The van der Waals surface area contributed by atoms with E-state index in [1.54, 1.807) is 0 Å². The van der Waals surface area contributed by atoms with Crippen LogP contribution in [-0.4, -0.2) is 15.1 Å². The second kappa shape index (κ2) is 6.17. The fourth-order valence-electron chi connectivity index (χ4n) is 1.96. The van der Waals surface area contributed by atoms with Gasteiger partial charge in [0.1, 0.15) is 5.75 Å². The smallest absolute Gasteiger partial charge is 0.312 e. The van der Waals surface area contributed by atoms with Gasteiger partial charge in [-0.05, 0) is 23.4 Å². The highest BCUT2D eigenvalue weighted by Gasteiger charge is 2.20. The van der Waals surface area contributed by atoms with Crippen LogP contribution < -0.4 is 0 Å². The molecular formula is C13H8Cl2N2O5. The Labute approximate surface area is 133 Å². The number of nitro groups is 1. The maximum atomic E-state index is 10.9. The maximum Gasteiger partial charge on any atom is 0.312 e. The molecule has 9 heteroatoms. The molecule has 0 spiro atoms. The second-order valence-electron chi connectivity index (χ2n) is 4.39. The first-order chi connectivity index (χ1) is 10.3. The van der Waals surface area contributed by atoms with E-state index in [0.29, 0.717) is 0 Å². The van der Waals surface area contributed by atoms with Gasteiger partial charge in [0, 0.05) is 33.7 Å². The monoisotopic (exact) mass is 342 g/mol. The zero-order chi connectivity index (χ0) is 16.4. The van der Waals surface area contributed by atoms with Gasteiger partial charge < -0.3 is 10.2 Å². The molecule has 0 radical (unpaired) electrons. The van der Waals surface area contributed by atoms with E-state index in [9.17, 15) is 25.2 Å². The Balaban J connectivity index is 2.54. The quantitative estimate of drug-likeness (QED) is 0.488. The number of aromatic hydroxyl groups is 2. The van der Waals surface area contributed by atoms with E-state index in [2.05, 4.69) is 5.18 Å². The van der Waals surface area contributed by atoms with Crippen molar-refractivity contribution in [2.75, 3.05) is 0 Å². The number of nitro benzene ring substituents is 1. The first-order valence-electron chi connectivity index (χ1n) is 5.84. The zero-order valence-electron chi connectivity index (χ0n) is 10.8. The van der Waals surface area contributed by atoms with E-state index in [4.69, 9.17) is 23.2 Å². The molecule has 0 bridgehead atoms. The molecule has 0 atom stereocenters. The number of phenolic OH excluding ortho intramolecular Hbond substituents is 2. The Kier molecular flexibility index (Phi) is 4.48. The normalized spacial score (nSPS) is 10.5. The van der Waals surface area contributed by atoms with E-state index in [1.165, 1.54) is 18.2 Å². The minimum Gasteiger partial charge on any atom is -0.505 e. The minimum atomic E-state index is -0.777. The topological polar surface area (TPSA) is 113 Å². The van der Waals surface area contributed by atoms with Crippen LogP contribution in [0.3, 0.4) is 0 Å². The van der Waals surface area contributed by atoms with Crippen molar-refractivity contribution in [1.29, 1.82) is 0 Å². The third kappa shape index (κ3) is 3.10. The lowest BCUT2D eigenvalue weighted by atomic mass is 10.0. The average Bonchev–Trinajstić information content (AvgIpc) is 2.45. The van der Waals surface area contributed by atoms with E-state index in [1.807, 2.05) is 0 Å². The van der Waals surface area contributed by atoms with Gasteiger partial charge in [-0.1, -0.05) is 23.2 Å². The first kappa shape index (κ1) is 16.0. The van der Waals surface area contributed by atoms with Gasteiger partial charge in [0.15, 0.2) is 11.4 Å². The molecule has 2 aromatic rings. The number of phenols is 2. The lowest BCUT2D eigenvalue weighted by molar-refractivity contribution is -0.385. The van der Waals surface area contributed by atoms with Crippen LogP contribution in [0.5, 0.6) is 11.5 Å². The van der Waals surface area contributed by atoms with Crippen molar-refractivity contribution >= 4 is 34.6 Å². The van der Waals surface area contributed by atoms with Crippen molar-refractivity contribution in [3.8, 4) is 11.5 Å². The van der Waals surface area contributed by atoms with Crippen LogP contribution in [0, 0.1) is 15.0 Å². The van der Waals surface area contributed by atoms with Gasteiger partial charge in [-0.2, -0.15) is 0 Å². The summed E-state index contributed by atoms with van der Waals surface area (Å²) in [7, 11) is 0. The molecule has 2 N–H and O–H groups in total. The van der Waals surface area contributed by atoms with E-state index in [-0.39, 0.29) is 33.3 Å². The van der Waals surface area contributed by atoms with E-state index < -0.39 is 22.1 Å². The van der Waals surface area contributed by atoms with Gasteiger partial charge in [-0.15, -0.1) is 4.91 Å². The molecule has 0 heterocycles. The molecule has 0 aromatic heterocycles. The summed E-state index contributed by atoms with van der Waals surface area (Å²) in [5, 5.41) is 33.5. The molecule has 7 nitrogen and oxygen atoms in total. The predicted octanol–water partition coefficient (Wildman–Crippen LogP) is 4.30. The lowest BCUT2D eigenvalue weighted by Crippen LogP contribution is -1.95. The zero-order valence-corrected chi connectivity index (χ0v) is 12.3. The molecule has 114 valence electrons. The highest BCUT2D eigenvalue weighted by atomic mass is 35.5. The average molecular weight is 343 g/mol. The Morgan fingerprint density at radius 2 is 1.59 bits per heavy atom. The maximum absolute atomic E-state index is 10.9. The number of halogens is 2. The molecule has 0 aliphatic heterocycles. The van der Waals surface area contributed by atoms with Crippen molar-refractivity contribution in [2.45, 2.75) is 6.42 Å². The second-order valence-corrected chi connectivity index (χ2v) is 5.26. The van der Waals surface area contributed by atoms with Gasteiger partial charge in [-0.3, -0.25) is 10.1 Å². The minimum absolute atomic E-state index is 0.0507. The summed E-state index contributed by atoms with van der Waals surface area (Å²) < 4.78 is 0. The fourth-order valence-corrected chi connectivity index (χ4v) is 2.43. The largest absolute Gasteiger partial charge is 0.505 e. The third-order valence-electron chi connectivity index (χ3n) is 2.94. The molecule has 2 rings (SSSR count). The van der Waals surface area contributed by atoms with Crippen LogP contribution in [0.2, 0.25) is 10.0 Å². The third-order valence-corrected chi connectivity index (χ3v) is 3.38. The molecule has 2 aromatic carbocycles. The van der Waals surface area contributed by atoms with Crippen LogP contribution in [0.4, 0.5) is 11.4 Å². The molecule has 0 aliphatic rings. The molecule has 0 saturated heterocycles. The summed E-state index contributed by atoms with van der Waals surface area (Å²) in [6.45, 7) is 0. The van der Waals surface area contributed by atoms with Crippen LogP contribution in [0.25, 0.3) is 0 Å². The lowest BCUT2D eigenvalue weighted by Gasteiger charge is -2.09. The molecule has 0 fully saturated rings.